The van der Waals surface area contributed by atoms with Crippen LogP contribution in [-0.4, -0.2) is 34.8 Å². The molecule has 1 aromatic rings. The van der Waals surface area contributed by atoms with Crippen LogP contribution in [0.3, 0.4) is 0 Å². The quantitative estimate of drug-likeness (QED) is 0.784. The van der Waals surface area contributed by atoms with E-state index in [-0.39, 0.29) is 18.2 Å². The number of ether oxygens (including phenoxy) is 1. The molecule has 88 valence electrons. The van der Waals surface area contributed by atoms with Gasteiger partial charge in [0.05, 0.1) is 12.1 Å². The van der Waals surface area contributed by atoms with E-state index in [4.69, 9.17) is 10.5 Å². The van der Waals surface area contributed by atoms with Crippen molar-refractivity contribution in [1.82, 2.24) is 9.97 Å². The smallest absolute Gasteiger partial charge is 0.129 e. The number of aryl methyl sites for hydroxylation is 1. The van der Waals surface area contributed by atoms with Gasteiger partial charge in [-0.2, -0.15) is 0 Å². The number of nitrogens with zero attached hydrogens (tertiary/aromatic N) is 2. The maximum Gasteiger partial charge on any atom is 0.129 e. The van der Waals surface area contributed by atoms with Crippen LogP contribution >= 0.6 is 0 Å². The summed E-state index contributed by atoms with van der Waals surface area (Å²) < 4.78 is 5.58. The van der Waals surface area contributed by atoms with Crippen molar-refractivity contribution in [3.8, 4) is 0 Å². The van der Waals surface area contributed by atoms with Gasteiger partial charge in [0.25, 0.3) is 0 Å². The van der Waals surface area contributed by atoms with E-state index in [2.05, 4.69) is 15.3 Å². The predicted octanol–water partition coefficient (Wildman–Crippen LogP) is 0.702. The topological polar surface area (TPSA) is 73.1 Å². The second kappa shape index (κ2) is 4.76. The van der Waals surface area contributed by atoms with Gasteiger partial charge in [-0.25, -0.2) is 9.97 Å². The molecule has 3 atom stereocenters. The van der Waals surface area contributed by atoms with E-state index in [1.165, 1.54) is 0 Å². The van der Waals surface area contributed by atoms with Gasteiger partial charge in [-0.15, -0.1) is 0 Å². The summed E-state index contributed by atoms with van der Waals surface area (Å²) in [6, 6.07) is 2.22. The number of nitrogens with one attached hydrogen (secondary N) is 1. The van der Waals surface area contributed by atoms with E-state index < -0.39 is 0 Å². The third kappa shape index (κ3) is 2.31. The standard InChI is InChI=1S/C11H18N4O/c1-3-16-9-5-8(12)11(9)15-10-4-7(2)13-6-14-10/h4,6,8-9,11H,3,5,12H2,1-2H3,(H,13,14,15). The monoisotopic (exact) mass is 222 g/mol. The maximum atomic E-state index is 5.94. The lowest BCUT2D eigenvalue weighted by Gasteiger charge is -2.42. The number of anilines is 1. The molecule has 16 heavy (non-hydrogen) atoms. The van der Waals surface area contributed by atoms with E-state index >= 15 is 0 Å². The summed E-state index contributed by atoms with van der Waals surface area (Å²) in [5.41, 5.74) is 6.89. The molecular weight excluding hydrogens is 204 g/mol. The molecule has 1 aliphatic carbocycles. The first-order chi connectivity index (χ1) is 7.70. The van der Waals surface area contributed by atoms with E-state index in [1.54, 1.807) is 6.33 Å². The molecule has 1 heterocycles. The summed E-state index contributed by atoms with van der Waals surface area (Å²) in [7, 11) is 0. The summed E-state index contributed by atoms with van der Waals surface area (Å²) in [5.74, 6) is 0.817. The fraction of sp³-hybridized carbons (Fsp3) is 0.636. The molecule has 0 aliphatic heterocycles. The van der Waals surface area contributed by atoms with Crippen LogP contribution in [-0.2, 0) is 4.74 Å². The van der Waals surface area contributed by atoms with Crippen molar-refractivity contribution < 1.29 is 4.74 Å². The lowest BCUT2D eigenvalue weighted by atomic mass is 9.83. The minimum absolute atomic E-state index is 0.145. The Morgan fingerprint density at radius 2 is 2.38 bits per heavy atom. The molecule has 5 heteroatoms. The second-order valence-electron chi connectivity index (χ2n) is 4.11. The summed E-state index contributed by atoms with van der Waals surface area (Å²) >= 11 is 0. The molecule has 0 bridgehead atoms. The van der Waals surface area contributed by atoms with Gasteiger partial charge in [-0.3, -0.25) is 0 Å². The zero-order chi connectivity index (χ0) is 11.5. The maximum absolute atomic E-state index is 5.94. The lowest BCUT2D eigenvalue weighted by Crippen LogP contribution is -2.60. The molecule has 5 nitrogen and oxygen atoms in total. The molecule has 0 aromatic carbocycles. The fourth-order valence-electron chi connectivity index (χ4n) is 1.93. The number of rotatable bonds is 4. The predicted molar refractivity (Wildman–Crippen MR) is 62.2 cm³/mol. The Bertz CT molecular complexity index is 356. The summed E-state index contributed by atoms with van der Waals surface area (Å²) in [4.78, 5) is 8.21. The second-order valence-corrected chi connectivity index (χ2v) is 4.11. The molecule has 2 rings (SSSR count). The van der Waals surface area contributed by atoms with Gasteiger partial charge in [-0.05, 0) is 20.3 Å². The van der Waals surface area contributed by atoms with Gasteiger partial charge in [0.2, 0.25) is 0 Å². The first-order valence-electron chi connectivity index (χ1n) is 5.63. The Kier molecular flexibility index (Phi) is 3.36. The number of nitrogens with two attached hydrogens (primary N) is 1. The fourth-order valence-corrected chi connectivity index (χ4v) is 1.93. The van der Waals surface area contributed by atoms with Gasteiger partial charge >= 0.3 is 0 Å². The van der Waals surface area contributed by atoms with Crippen LogP contribution in [0.4, 0.5) is 5.82 Å². The molecule has 1 aromatic heterocycles. The Morgan fingerprint density at radius 3 is 3.00 bits per heavy atom. The van der Waals surface area contributed by atoms with Crippen molar-refractivity contribution in [2.75, 3.05) is 11.9 Å². The van der Waals surface area contributed by atoms with Crippen molar-refractivity contribution in [1.29, 1.82) is 0 Å². The van der Waals surface area contributed by atoms with E-state index in [0.29, 0.717) is 0 Å². The van der Waals surface area contributed by atoms with E-state index in [1.807, 2.05) is 19.9 Å². The minimum Gasteiger partial charge on any atom is -0.376 e. The highest BCUT2D eigenvalue weighted by atomic mass is 16.5. The van der Waals surface area contributed by atoms with E-state index in [0.717, 1.165) is 24.5 Å². The Balaban J connectivity index is 1.98. The summed E-state index contributed by atoms with van der Waals surface area (Å²) in [5, 5.41) is 3.30. The van der Waals surface area contributed by atoms with Gasteiger partial charge in [0.15, 0.2) is 0 Å². The lowest BCUT2D eigenvalue weighted by molar-refractivity contribution is -0.0127. The van der Waals surface area contributed by atoms with Crippen LogP contribution < -0.4 is 11.1 Å². The zero-order valence-electron chi connectivity index (χ0n) is 9.68. The number of hydrogen-bond donors (Lipinski definition) is 2. The Hall–Kier alpha value is -1.20. The molecule has 0 radical (unpaired) electrons. The van der Waals surface area contributed by atoms with Crippen molar-refractivity contribution in [2.45, 2.75) is 38.5 Å². The molecule has 0 saturated heterocycles. The van der Waals surface area contributed by atoms with Crippen molar-refractivity contribution in [2.24, 2.45) is 5.73 Å². The summed E-state index contributed by atoms with van der Waals surface area (Å²) in [6.45, 7) is 4.65. The van der Waals surface area contributed by atoms with Gasteiger partial charge in [0, 0.05) is 24.4 Å². The molecule has 3 N–H and O–H groups in total. The van der Waals surface area contributed by atoms with Crippen LogP contribution in [0.25, 0.3) is 0 Å². The average molecular weight is 222 g/mol. The van der Waals surface area contributed by atoms with Crippen molar-refractivity contribution in [3.05, 3.63) is 18.1 Å². The number of aromatic nitrogens is 2. The molecule has 1 saturated carbocycles. The van der Waals surface area contributed by atoms with Crippen LogP contribution in [0, 0.1) is 6.92 Å². The van der Waals surface area contributed by atoms with Crippen LogP contribution in [0.1, 0.15) is 19.0 Å². The van der Waals surface area contributed by atoms with Crippen LogP contribution in [0.15, 0.2) is 12.4 Å². The highest BCUT2D eigenvalue weighted by Gasteiger charge is 2.39. The van der Waals surface area contributed by atoms with E-state index in [9.17, 15) is 0 Å². The largest absolute Gasteiger partial charge is 0.376 e. The van der Waals surface area contributed by atoms with Gasteiger partial charge in [-0.1, -0.05) is 0 Å². The summed E-state index contributed by atoms with van der Waals surface area (Å²) in [6.07, 6.45) is 2.67. The molecule has 0 amide bonds. The SMILES string of the molecule is CCOC1CC(N)C1Nc1cc(C)ncn1. The molecular formula is C11H18N4O. The molecule has 3 unspecified atom stereocenters. The number of hydrogen-bond acceptors (Lipinski definition) is 5. The first kappa shape index (κ1) is 11.3. The molecule has 0 spiro atoms. The van der Waals surface area contributed by atoms with Gasteiger partial charge in [0.1, 0.15) is 12.1 Å². The van der Waals surface area contributed by atoms with Crippen molar-refractivity contribution >= 4 is 5.82 Å². The Morgan fingerprint density at radius 1 is 1.56 bits per heavy atom. The Labute approximate surface area is 95.4 Å². The van der Waals surface area contributed by atoms with Crippen molar-refractivity contribution in [3.63, 3.8) is 0 Å². The highest BCUT2D eigenvalue weighted by Crippen LogP contribution is 2.25. The molecule has 1 aliphatic rings. The van der Waals surface area contributed by atoms with Gasteiger partial charge < -0.3 is 15.8 Å². The molecule has 1 fully saturated rings. The third-order valence-electron chi connectivity index (χ3n) is 2.87. The zero-order valence-corrected chi connectivity index (χ0v) is 9.68. The highest BCUT2D eigenvalue weighted by molar-refractivity contribution is 5.38. The third-order valence-corrected chi connectivity index (χ3v) is 2.87. The first-order valence-corrected chi connectivity index (χ1v) is 5.63. The van der Waals surface area contributed by atoms with Crippen LogP contribution in [0.5, 0.6) is 0 Å². The normalized spacial score (nSPS) is 28.6. The minimum atomic E-state index is 0.145. The van der Waals surface area contributed by atoms with Crippen LogP contribution in [0.2, 0.25) is 0 Å². The average Bonchev–Trinajstić information content (AvgIpc) is 2.26.